The van der Waals surface area contributed by atoms with Crippen LogP contribution < -0.4 is 44.1 Å². The molecule has 0 unspecified atom stereocenters. The summed E-state index contributed by atoms with van der Waals surface area (Å²) in [5, 5.41) is 3.44. The average molecular weight is 548 g/mol. The van der Waals surface area contributed by atoms with Crippen LogP contribution in [-0.4, -0.2) is 47.2 Å². The molecule has 6 rings (SSSR count). The van der Waals surface area contributed by atoms with Gasteiger partial charge in [-0.3, -0.25) is 4.79 Å². The Morgan fingerprint density at radius 2 is 1.60 bits per heavy atom. The van der Waals surface area contributed by atoms with Crippen molar-refractivity contribution in [3.63, 3.8) is 0 Å². The predicted octanol–water partition coefficient (Wildman–Crippen LogP) is 4.09. The summed E-state index contributed by atoms with van der Waals surface area (Å²) in [4.78, 5) is 27.2. The number of ether oxygens (including phenoxy) is 7. The van der Waals surface area contributed by atoms with E-state index in [1.807, 2.05) is 0 Å². The second-order valence-corrected chi connectivity index (χ2v) is 9.00. The van der Waals surface area contributed by atoms with Crippen molar-refractivity contribution in [2.45, 2.75) is 12.0 Å². The summed E-state index contributed by atoms with van der Waals surface area (Å²) in [7, 11) is 5.94. The van der Waals surface area contributed by atoms with E-state index in [4.69, 9.17) is 37.6 Å². The number of hydrogen-bond donors (Lipinski definition) is 1. The van der Waals surface area contributed by atoms with E-state index < -0.39 is 23.6 Å². The van der Waals surface area contributed by atoms with Gasteiger partial charge in [-0.05, 0) is 29.8 Å². The lowest BCUT2D eigenvalue weighted by Gasteiger charge is -2.20. The lowest BCUT2D eigenvalue weighted by atomic mass is 9.87. The second kappa shape index (κ2) is 9.92. The van der Waals surface area contributed by atoms with Crippen molar-refractivity contribution >= 4 is 22.6 Å². The van der Waals surface area contributed by atoms with Crippen molar-refractivity contribution in [2.24, 2.45) is 0 Å². The van der Waals surface area contributed by atoms with Crippen molar-refractivity contribution in [1.29, 1.82) is 0 Å². The van der Waals surface area contributed by atoms with Crippen LogP contribution in [0.25, 0.3) is 11.0 Å². The van der Waals surface area contributed by atoms with E-state index >= 15 is 0 Å². The Morgan fingerprint density at radius 1 is 0.875 bits per heavy atom. The first-order chi connectivity index (χ1) is 19.5. The molecule has 0 saturated carbocycles. The second-order valence-electron chi connectivity index (χ2n) is 9.00. The Labute approximate surface area is 228 Å². The molecule has 0 fully saturated rings. The summed E-state index contributed by atoms with van der Waals surface area (Å²) >= 11 is 0. The molecule has 1 N–H and O–H groups in total. The topological polar surface area (TPSA) is 124 Å². The highest BCUT2D eigenvalue weighted by Gasteiger charge is 2.45. The van der Waals surface area contributed by atoms with Gasteiger partial charge in [0.25, 0.3) is 5.91 Å². The number of carbonyl (C=O) groups is 1. The molecular weight excluding hydrogens is 522 g/mol. The third-order valence-electron chi connectivity index (χ3n) is 6.89. The van der Waals surface area contributed by atoms with Crippen LogP contribution in [0.15, 0.2) is 57.7 Å². The normalized spacial score (nSPS) is 16.7. The van der Waals surface area contributed by atoms with Crippen molar-refractivity contribution in [3.8, 4) is 40.2 Å². The summed E-state index contributed by atoms with van der Waals surface area (Å²) in [5.74, 6) is 1.25. The van der Waals surface area contributed by atoms with E-state index in [9.17, 15) is 9.59 Å². The maximum atomic E-state index is 13.9. The smallest absolute Gasteiger partial charge is 0.344 e. The molecular formula is C29H25NO10. The fourth-order valence-corrected chi connectivity index (χ4v) is 5.12. The highest BCUT2D eigenvalue weighted by molar-refractivity contribution is 5.98. The van der Waals surface area contributed by atoms with Crippen molar-refractivity contribution in [2.75, 3.05) is 40.5 Å². The van der Waals surface area contributed by atoms with Gasteiger partial charge in [-0.25, -0.2) is 4.79 Å². The van der Waals surface area contributed by atoms with Gasteiger partial charge in [-0.1, -0.05) is 12.1 Å². The first-order valence-corrected chi connectivity index (χ1v) is 12.3. The van der Waals surface area contributed by atoms with Gasteiger partial charge in [0.1, 0.15) is 11.3 Å². The standard InChI is InChI=1S/C29H25NO10/c1-33-18-9-14(10-21-26(18)38-13-37-21)22-23-24(16-7-5-6-8-17(16)39-29(23)32)40-27(22)28(31)30-15-11-19(34-2)25(36-4)20(12-15)35-3/h5-12,22,27H,13H2,1-4H3,(H,30,31)/t22-,27-/m0/s1. The molecule has 0 bridgehead atoms. The molecule has 2 aliphatic heterocycles. The van der Waals surface area contributed by atoms with Crippen molar-refractivity contribution in [3.05, 3.63) is 70.1 Å². The van der Waals surface area contributed by atoms with E-state index in [1.54, 1.807) is 48.5 Å². The first kappa shape index (κ1) is 25.2. The minimum Gasteiger partial charge on any atom is -0.493 e. The van der Waals surface area contributed by atoms with Crippen LogP contribution in [-0.2, 0) is 4.79 Å². The highest BCUT2D eigenvalue weighted by Crippen LogP contribution is 2.49. The first-order valence-electron chi connectivity index (χ1n) is 12.3. The maximum Gasteiger partial charge on any atom is 0.344 e. The van der Waals surface area contributed by atoms with E-state index in [0.717, 1.165) is 0 Å². The number of carbonyl (C=O) groups excluding carboxylic acids is 1. The molecule has 11 nitrogen and oxygen atoms in total. The predicted molar refractivity (Wildman–Crippen MR) is 143 cm³/mol. The minimum atomic E-state index is -1.16. The zero-order valence-electron chi connectivity index (χ0n) is 22.1. The quantitative estimate of drug-likeness (QED) is 0.338. The number of methoxy groups -OCH3 is 4. The number of nitrogens with one attached hydrogen (secondary N) is 1. The van der Waals surface area contributed by atoms with Gasteiger partial charge in [0.2, 0.25) is 18.3 Å². The molecule has 1 aromatic heterocycles. The molecule has 0 saturated heterocycles. The number of anilines is 1. The molecule has 0 radical (unpaired) electrons. The number of hydrogen-bond acceptors (Lipinski definition) is 10. The average Bonchev–Trinajstić information content (AvgIpc) is 3.62. The summed E-state index contributed by atoms with van der Waals surface area (Å²) in [5.41, 5.74) is 0.868. The number of fused-ring (bicyclic) bond motifs is 4. The summed E-state index contributed by atoms with van der Waals surface area (Å²) < 4.78 is 44.8. The van der Waals surface area contributed by atoms with Crippen molar-refractivity contribution in [1.82, 2.24) is 0 Å². The van der Waals surface area contributed by atoms with Gasteiger partial charge in [0, 0.05) is 17.8 Å². The fraction of sp³-hybridized carbons (Fsp3) is 0.241. The van der Waals surface area contributed by atoms with Gasteiger partial charge >= 0.3 is 5.63 Å². The molecule has 0 aliphatic carbocycles. The van der Waals surface area contributed by atoms with Gasteiger partial charge in [-0.2, -0.15) is 0 Å². The van der Waals surface area contributed by atoms with Gasteiger partial charge in [-0.15, -0.1) is 0 Å². The Morgan fingerprint density at radius 3 is 2.30 bits per heavy atom. The lowest BCUT2D eigenvalue weighted by Crippen LogP contribution is -2.35. The lowest BCUT2D eigenvalue weighted by molar-refractivity contribution is -0.122. The molecule has 3 aromatic carbocycles. The van der Waals surface area contributed by atoms with E-state index in [1.165, 1.54) is 28.4 Å². The molecule has 206 valence electrons. The molecule has 40 heavy (non-hydrogen) atoms. The summed E-state index contributed by atoms with van der Waals surface area (Å²) in [6.45, 7) is 0.0186. The fourth-order valence-electron chi connectivity index (χ4n) is 5.12. The Kier molecular flexibility index (Phi) is 6.25. The Balaban J connectivity index is 1.48. The minimum absolute atomic E-state index is 0.0186. The van der Waals surface area contributed by atoms with E-state index in [0.29, 0.717) is 56.7 Å². The van der Waals surface area contributed by atoms with Crippen LogP contribution >= 0.6 is 0 Å². The van der Waals surface area contributed by atoms with E-state index in [-0.39, 0.29) is 18.1 Å². The number of amides is 1. The molecule has 11 heteroatoms. The molecule has 3 heterocycles. The largest absolute Gasteiger partial charge is 0.493 e. The van der Waals surface area contributed by atoms with Crippen LogP contribution in [0.2, 0.25) is 0 Å². The molecule has 2 atom stereocenters. The zero-order valence-corrected chi connectivity index (χ0v) is 22.1. The molecule has 2 aliphatic rings. The number of para-hydroxylation sites is 1. The van der Waals surface area contributed by atoms with Crippen LogP contribution in [0.1, 0.15) is 17.0 Å². The number of rotatable bonds is 7. The maximum absolute atomic E-state index is 13.9. The number of benzene rings is 3. The Hall–Kier alpha value is -5.06. The third-order valence-corrected chi connectivity index (χ3v) is 6.89. The molecule has 1 amide bonds. The summed E-state index contributed by atoms with van der Waals surface area (Å²) in [6.07, 6.45) is -1.16. The van der Waals surface area contributed by atoms with Gasteiger partial charge < -0.3 is 42.9 Å². The third kappa shape index (κ3) is 3.98. The van der Waals surface area contributed by atoms with Crippen molar-refractivity contribution < 1.29 is 42.4 Å². The van der Waals surface area contributed by atoms with Crippen LogP contribution in [0.5, 0.6) is 40.2 Å². The highest BCUT2D eigenvalue weighted by atomic mass is 16.7. The van der Waals surface area contributed by atoms with Crippen LogP contribution in [0.3, 0.4) is 0 Å². The van der Waals surface area contributed by atoms with Gasteiger partial charge in [0.15, 0.2) is 29.1 Å². The Bertz CT molecular complexity index is 1670. The SMILES string of the molecule is COc1cc(NC(=O)[C@H]2Oc3c(c(=O)oc4ccccc34)[C@@H]2c2cc(OC)c3c(c2)OCO3)cc(OC)c1OC. The van der Waals surface area contributed by atoms with Gasteiger partial charge in [0.05, 0.1) is 45.3 Å². The van der Waals surface area contributed by atoms with E-state index in [2.05, 4.69) is 5.32 Å². The molecule has 0 spiro atoms. The van der Waals surface area contributed by atoms with Crippen LogP contribution in [0, 0.1) is 0 Å². The summed E-state index contributed by atoms with van der Waals surface area (Å²) in [6, 6.07) is 13.6. The molecule has 4 aromatic rings. The monoisotopic (exact) mass is 547 g/mol. The van der Waals surface area contributed by atoms with Crippen LogP contribution in [0.4, 0.5) is 5.69 Å². The zero-order chi connectivity index (χ0) is 28.0.